The lowest BCUT2D eigenvalue weighted by atomic mass is 10.0. The van der Waals surface area contributed by atoms with Crippen LogP contribution in [0, 0.1) is 0 Å². The molecule has 0 bridgehead atoms. The molecule has 7 nitrogen and oxygen atoms in total. The zero-order chi connectivity index (χ0) is 20.5. The summed E-state index contributed by atoms with van der Waals surface area (Å²) in [5.41, 5.74) is 9.92. The van der Waals surface area contributed by atoms with E-state index >= 15 is 0 Å². The summed E-state index contributed by atoms with van der Waals surface area (Å²) < 4.78 is 0. The first kappa shape index (κ1) is 18.5. The first-order valence-electron chi connectivity index (χ1n) is 10.4. The van der Waals surface area contributed by atoms with E-state index in [1.807, 2.05) is 30.5 Å². The number of nitrogens with two attached hydrogens (primary N) is 1. The molecule has 30 heavy (non-hydrogen) atoms. The Morgan fingerprint density at radius 3 is 2.63 bits per heavy atom. The summed E-state index contributed by atoms with van der Waals surface area (Å²) in [6.07, 6.45) is 8.03. The lowest BCUT2D eigenvalue weighted by molar-refractivity contribution is 0.100. The molecule has 4 heterocycles. The van der Waals surface area contributed by atoms with Crippen molar-refractivity contribution in [3.63, 3.8) is 0 Å². The molecule has 2 N–H and O–H groups in total. The summed E-state index contributed by atoms with van der Waals surface area (Å²) in [6, 6.07) is 11.4. The zero-order valence-electron chi connectivity index (χ0n) is 16.8. The Balaban J connectivity index is 1.66. The number of fused-ring (bicyclic) bond motifs is 1. The molecule has 0 radical (unpaired) electrons. The topological polar surface area (TPSA) is 88.2 Å². The van der Waals surface area contributed by atoms with Gasteiger partial charge in [0.15, 0.2) is 0 Å². The number of hydrogen-bond acceptors (Lipinski definition) is 6. The van der Waals surface area contributed by atoms with Crippen molar-refractivity contribution in [1.29, 1.82) is 0 Å². The Morgan fingerprint density at radius 1 is 1.00 bits per heavy atom. The monoisotopic (exact) mass is 400 g/mol. The van der Waals surface area contributed by atoms with E-state index in [0.717, 1.165) is 73.2 Å². The van der Waals surface area contributed by atoms with Crippen molar-refractivity contribution in [2.75, 3.05) is 29.4 Å². The lowest BCUT2D eigenvalue weighted by Crippen LogP contribution is -2.31. The molecule has 0 saturated carbocycles. The fraction of sp³-hybridized carbons (Fsp3) is 0.304. The summed E-state index contributed by atoms with van der Waals surface area (Å²) in [5, 5.41) is 0. The third-order valence-electron chi connectivity index (χ3n) is 5.83. The van der Waals surface area contributed by atoms with E-state index in [-0.39, 0.29) is 0 Å². The molecule has 2 aromatic heterocycles. The Hall–Kier alpha value is -3.48. The molecule has 1 fully saturated rings. The maximum absolute atomic E-state index is 11.7. The van der Waals surface area contributed by atoms with E-state index < -0.39 is 5.91 Å². The predicted octanol–water partition coefficient (Wildman–Crippen LogP) is 3.32. The predicted molar refractivity (Wildman–Crippen MR) is 117 cm³/mol. The highest BCUT2D eigenvalue weighted by molar-refractivity contribution is 5.94. The Kier molecular flexibility index (Phi) is 4.78. The van der Waals surface area contributed by atoms with Gasteiger partial charge in [0.1, 0.15) is 5.82 Å². The van der Waals surface area contributed by atoms with Gasteiger partial charge in [-0.15, -0.1) is 0 Å². The summed E-state index contributed by atoms with van der Waals surface area (Å²) in [7, 11) is 0. The summed E-state index contributed by atoms with van der Waals surface area (Å²) in [6.45, 7) is 2.75. The van der Waals surface area contributed by atoms with Crippen LogP contribution in [0.5, 0.6) is 0 Å². The average molecular weight is 400 g/mol. The van der Waals surface area contributed by atoms with Gasteiger partial charge in [-0.05, 0) is 49.9 Å². The number of primary amides is 1. The van der Waals surface area contributed by atoms with E-state index in [1.165, 1.54) is 6.42 Å². The van der Waals surface area contributed by atoms with Crippen molar-refractivity contribution in [3.05, 3.63) is 59.9 Å². The Labute approximate surface area is 175 Å². The van der Waals surface area contributed by atoms with Gasteiger partial charge in [0, 0.05) is 42.5 Å². The number of amides is 1. The van der Waals surface area contributed by atoms with Crippen LogP contribution in [0.3, 0.4) is 0 Å². The number of anilines is 3. The number of carbonyl (C=O) groups excluding carboxylic acids is 1. The molecule has 3 aromatic rings. The summed E-state index contributed by atoms with van der Waals surface area (Å²) in [4.78, 5) is 30.5. The van der Waals surface area contributed by atoms with Gasteiger partial charge in [-0.2, -0.15) is 4.98 Å². The fourth-order valence-corrected chi connectivity index (χ4v) is 4.30. The normalized spacial score (nSPS) is 15.9. The molecular formula is C23H24N6O. The van der Waals surface area contributed by atoms with Gasteiger partial charge >= 0.3 is 0 Å². The van der Waals surface area contributed by atoms with Gasteiger partial charge in [0.2, 0.25) is 11.9 Å². The van der Waals surface area contributed by atoms with Crippen LogP contribution in [0.1, 0.15) is 35.2 Å². The molecule has 0 spiro atoms. The molecular weight excluding hydrogens is 376 g/mol. The van der Waals surface area contributed by atoms with E-state index in [0.29, 0.717) is 5.56 Å². The Bertz CT molecular complexity index is 1080. The SMILES string of the molecule is NC(=O)c1cccc(-c2nc(N3CCCCC3)nc3c2CCN3c2cccnc2)c1. The molecule has 2 aliphatic heterocycles. The van der Waals surface area contributed by atoms with Crippen molar-refractivity contribution in [2.24, 2.45) is 5.73 Å². The fourth-order valence-electron chi connectivity index (χ4n) is 4.30. The molecule has 2 aliphatic rings. The smallest absolute Gasteiger partial charge is 0.248 e. The average Bonchev–Trinajstić information content (AvgIpc) is 3.24. The van der Waals surface area contributed by atoms with Crippen molar-refractivity contribution in [1.82, 2.24) is 15.0 Å². The van der Waals surface area contributed by atoms with Crippen LogP contribution in [-0.2, 0) is 6.42 Å². The van der Waals surface area contributed by atoms with Crippen molar-refractivity contribution in [3.8, 4) is 11.3 Å². The van der Waals surface area contributed by atoms with Crippen LogP contribution < -0.4 is 15.5 Å². The minimum atomic E-state index is -0.434. The van der Waals surface area contributed by atoms with Gasteiger partial charge in [-0.25, -0.2) is 4.98 Å². The van der Waals surface area contributed by atoms with Crippen LogP contribution in [-0.4, -0.2) is 40.5 Å². The third kappa shape index (κ3) is 3.36. The van der Waals surface area contributed by atoms with E-state index in [9.17, 15) is 4.79 Å². The summed E-state index contributed by atoms with van der Waals surface area (Å²) in [5.74, 6) is 1.25. The molecule has 1 aromatic carbocycles. The summed E-state index contributed by atoms with van der Waals surface area (Å²) >= 11 is 0. The zero-order valence-corrected chi connectivity index (χ0v) is 16.8. The van der Waals surface area contributed by atoms with E-state index in [2.05, 4.69) is 20.9 Å². The quantitative estimate of drug-likeness (QED) is 0.723. The highest BCUT2D eigenvalue weighted by Gasteiger charge is 2.29. The first-order chi connectivity index (χ1) is 14.7. The molecule has 0 aliphatic carbocycles. The minimum Gasteiger partial charge on any atom is -0.366 e. The van der Waals surface area contributed by atoms with E-state index in [1.54, 1.807) is 12.3 Å². The minimum absolute atomic E-state index is 0.434. The molecule has 0 atom stereocenters. The second kappa shape index (κ2) is 7.74. The van der Waals surface area contributed by atoms with Crippen LogP contribution in [0.15, 0.2) is 48.8 Å². The number of hydrogen-bond donors (Lipinski definition) is 1. The van der Waals surface area contributed by atoms with Crippen molar-refractivity contribution in [2.45, 2.75) is 25.7 Å². The number of pyridine rings is 1. The number of rotatable bonds is 4. The van der Waals surface area contributed by atoms with Crippen LogP contribution in [0.25, 0.3) is 11.3 Å². The number of benzene rings is 1. The molecule has 0 unspecified atom stereocenters. The van der Waals surface area contributed by atoms with Gasteiger partial charge < -0.3 is 15.5 Å². The molecule has 1 saturated heterocycles. The number of piperidine rings is 1. The first-order valence-corrected chi connectivity index (χ1v) is 10.4. The third-order valence-corrected chi connectivity index (χ3v) is 5.83. The highest BCUT2D eigenvalue weighted by atomic mass is 16.1. The standard InChI is InChI=1S/C23H24N6O/c24-21(30)17-7-4-6-16(14-17)20-19-9-13-29(18-8-5-10-25-15-18)22(19)27-23(26-20)28-11-2-1-3-12-28/h4-8,10,14-15H,1-3,9,11-13H2,(H2,24,30). The number of carbonyl (C=O) groups is 1. The van der Waals surface area contributed by atoms with Crippen LogP contribution in [0.4, 0.5) is 17.5 Å². The van der Waals surface area contributed by atoms with Gasteiger partial charge in [-0.1, -0.05) is 12.1 Å². The largest absolute Gasteiger partial charge is 0.366 e. The van der Waals surface area contributed by atoms with E-state index in [4.69, 9.17) is 15.7 Å². The van der Waals surface area contributed by atoms with Gasteiger partial charge in [0.05, 0.1) is 17.6 Å². The van der Waals surface area contributed by atoms with Crippen LogP contribution >= 0.6 is 0 Å². The van der Waals surface area contributed by atoms with Crippen LogP contribution in [0.2, 0.25) is 0 Å². The molecule has 1 amide bonds. The van der Waals surface area contributed by atoms with Crippen molar-refractivity contribution >= 4 is 23.4 Å². The van der Waals surface area contributed by atoms with Crippen molar-refractivity contribution < 1.29 is 4.79 Å². The molecule has 7 heteroatoms. The molecule has 152 valence electrons. The maximum Gasteiger partial charge on any atom is 0.248 e. The highest BCUT2D eigenvalue weighted by Crippen LogP contribution is 2.39. The molecule has 5 rings (SSSR count). The second-order valence-electron chi connectivity index (χ2n) is 7.78. The second-order valence-corrected chi connectivity index (χ2v) is 7.78. The number of nitrogens with zero attached hydrogens (tertiary/aromatic N) is 5. The Morgan fingerprint density at radius 2 is 1.87 bits per heavy atom. The lowest BCUT2D eigenvalue weighted by Gasteiger charge is -2.28. The number of aromatic nitrogens is 3. The van der Waals surface area contributed by atoms with Gasteiger partial charge in [0.25, 0.3) is 0 Å². The maximum atomic E-state index is 11.7. The van der Waals surface area contributed by atoms with Gasteiger partial charge in [-0.3, -0.25) is 9.78 Å².